The topological polar surface area (TPSA) is 72.4 Å². The summed E-state index contributed by atoms with van der Waals surface area (Å²) in [5, 5.41) is 7.46. The maximum absolute atomic E-state index is 12.3. The van der Waals surface area contributed by atoms with Gasteiger partial charge in [0.25, 0.3) is 0 Å². The third kappa shape index (κ3) is 3.57. The van der Waals surface area contributed by atoms with Gasteiger partial charge in [-0.2, -0.15) is 5.10 Å². The largest absolute Gasteiger partial charge is 0.464 e. The van der Waals surface area contributed by atoms with Gasteiger partial charge in [0, 0.05) is 23.9 Å². The van der Waals surface area contributed by atoms with Crippen LogP contribution in [0.2, 0.25) is 0 Å². The quantitative estimate of drug-likeness (QED) is 0.773. The van der Waals surface area contributed by atoms with Crippen LogP contribution in [0.3, 0.4) is 0 Å². The van der Waals surface area contributed by atoms with Crippen molar-refractivity contribution in [2.75, 3.05) is 0 Å². The lowest BCUT2D eigenvalue weighted by Crippen LogP contribution is -2.26. The van der Waals surface area contributed by atoms with Crippen molar-refractivity contribution in [3.63, 3.8) is 0 Å². The summed E-state index contributed by atoms with van der Waals surface area (Å²) in [5.41, 5.74) is 4.85. The zero-order valence-electron chi connectivity index (χ0n) is 15.4. The van der Waals surface area contributed by atoms with E-state index in [0.29, 0.717) is 12.8 Å². The van der Waals surface area contributed by atoms with E-state index < -0.39 is 0 Å². The predicted molar refractivity (Wildman–Crippen MR) is 95.5 cm³/mol. The summed E-state index contributed by atoms with van der Waals surface area (Å²) in [6.07, 6.45) is 1.04. The molecule has 0 aliphatic heterocycles. The van der Waals surface area contributed by atoms with E-state index in [1.54, 1.807) is 0 Å². The van der Waals surface area contributed by atoms with E-state index in [0.717, 1.165) is 39.8 Å². The third-order valence-corrected chi connectivity index (χ3v) is 4.45. The van der Waals surface area contributed by atoms with Crippen molar-refractivity contribution < 1.29 is 9.21 Å². The number of nitrogens with one attached hydrogen (secondary N) is 1. The number of rotatable bonds is 5. The lowest BCUT2D eigenvalue weighted by atomic mass is 10.1. The third-order valence-electron chi connectivity index (χ3n) is 4.45. The number of carbonyl (C=O) groups is 1. The Morgan fingerprint density at radius 2 is 2.04 bits per heavy atom. The molecule has 0 spiro atoms. The average molecular weight is 340 g/mol. The summed E-state index contributed by atoms with van der Waals surface area (Å²) in [6.45, 7) is 9.78. The number of amides is 1. The van der Waals surface area contributed by atoms with E-state index >= 15 is 0 Å². The lowest BCUT2D eigenvalue weighted by molar-refractivity contribution is -0.121. The molecule has 0 aromatic carbocycles. The minimum Gasteiger partial charge on any atom is -0.464 e. The van der Waals surface area contributed by atoms with Crippen molar-refractivity contribution in [2.24, 2.45) is 0 Å². The van der Waals surface area contributed by atoms with Crippen molar-refractivity contribution in [3.05, 3.63) is 52.4 Å². The Morgan fingerprint density at radius 1 is 1.28 bits per heavy atom. The molecule has 3 heterocycles. The normalized spacial score (nSPS) is 12.5. The average Bonchev–Trinajstić information content (AvgIpc) is 3.12. The highest BCUT2D eigenvalue weighted by molar-refractivity contribution is 5.76. The van der Waals surface area contributed by atoms with Crippen molar-refractivity contribution in [1.29, 1.82) is 0 Å². The molecule has 0 saturated heterocycles. The van der Waals surface area contributed by atoms with Crippen molar-refractivity contribution in [2.45, 2.75) is 53.5 Å². The van der Waals surface area contributed by atoms with Gasteiger partial charge in [-0.15, -0.1) is 0 Å². The number of aromatic nitrogens is 3. The molecule has 0 radical (unpaired) electrons. The number of nitrogens with zero attached hydrogens (tertiary/aromatic N) is 3. The Bertz CT molecular complexity index is 923. The fourth-order valence-corrected chi connectivity index (χ4v) is 3.11. The summed E-state index contributed by atoms with van der Waals surface area (Å²) in [7, 11) is 0. The Hall–Kier alpha value is -2.63. The maximum Gasteiger partial charge on any atom is 0.220 e. The van der Waals surface area contributed by atoms with Gasteiger partial charge in [0.2, 0.25) is 5.91 Å². The second kappa shape index (κ2) is 6.70. The van der Waals surface area contributed by atoms with Gasteiger partial charge in [0.05, 0.1) is 11.7 Å². The molecule has 1 atom stereocenters. The van der Waals surface area contributed by atoms with E-state index in [4.69, 9.17) is 4.42 Å². The van der Waals surface area contributed by atoms with Gasteiger partial charge in [-0.25, -0.2) is 9.50 Å². The van der Waals surface area contributed by atoms with Crippen LogP contribution in [0, 0.1) is 27.7 Å². The van der Waals surface area contributed by atoms with Gasteiger partial charge in [0.1, 0.15) is 11.5 Å². The Labute approximate surface area is 147 Å². The van der Waals surface area contributed by atoms with Crippen molar-refractivity contribution in [1.82, 2.24) is 19.9 Å². The highest BCUT2D eigenvalue weighted by Gasteiger charge is 2.15. The summed E-state index contributed by atoms with van der Waals surface area (Å²) < 4.78 is 7.41. The van der Waals surface area contributed by atoms with Crippen LogP contribution in [0.5, 0.6) is 0 Å². The van der Waals surface area contributed by atoms with Crippen LogP contribution in [0.1, 0.15) is 53.6 Å². The van der Waals surface area contributed by atoms with Crippen molar-refractivity contribution >= 4 is 11.6 Å². The lowest BCUT2D eigenvalue weighted by Gasteiger charge is -2.13. The summed E-state index contributed by atoms with van der Waals surface area (Å²) in [6, 6.07) is 5.62. The monoisotopic (exact) mass is 340 g/mol. The number of carbonyl (C=O) groups excluding carboxylic acids is 1. The Morgan fingerprint density at radius 3 is 2.72 bits per heavy atom. The van der Waals surface area contributed by atoms with E-state index in [2.05, 4.69) is 15.4 Å². The molecule has 0 aliphatic rings. The van der Waals surface area contributed by atoms with Crippen LogP contribution in [-0.2, 0) is 11.2 Å². The molecule has 1 N–H and O–H groups in total. The molecular formula is C19H24N4O2. The molecule has 6 nitrogen and oxygen atoms in total. The Balaban J connectivity index is 1.68. The van der Waals surface area contributed by atoms with Crippen LogP contribution in [-0.4, -0.2) is 20.5 Å². The summed E-state index contributed by atoms with van der Waals surface area (Å²) >= 11 is 0. The van der Waals surface area contributed by atoms with E-state index in [-0.39, 0.29) is 11.9 Å². The number of hydrogen-bond acceptors (Lipinski definition) is 4. The SMILES string of the molecule is Cc1cc2nc(C)c(CCC(=O)NC(C)c3ccc(C)o3)c(C)n2n1. The van der Waals surface area contributed by atoms with Crippen LogP contribution in [0.25, 0.3) is 5.65 Å². The van der Waals surface area contributed by atoms with Gasteiger partial charge in [-0.1, -0.05) is 0 Å². The van der Waals surface area contributed by atoms with Crippen LogP contribution in [0.4, 0.5) is 0 Å². The van der Waals surface area contributed by atoms with Gasteiger partial charge in [0.15, 0.2) is 5.65 Å². The van der Waals surface area contributed by atoms with Crippen LogP contribution >= 0.6 is 0 Å². The highest BCUT2D eigenvalue weighted by Crippen LogP contribution is 2.18. The molecule has 3 aromatic rings. The van der Waals surface area contributed by atoms with E-state index in [9.17, 15) is 4.79 Å². The van der Waals surface area contributed by atoms with Crippen LogP contribution in [0.15, 0.2) is 22.6 Å². The van der Waals surface area contributed by atoms with Gasteiger partial charge < -0.3 is 9.73 Å². The molecule has 0 bridgehead atoms. The first kappa shape index (κ1) is 17.2. The molecule has 132 valence electrons. The number of fused-ring (bicyclic) bond motifs is 1. The molecule has 0 fully saturated rings. The smallest absolute Gasteiger partial charge is 0.220 e. The first-order chi connectivity index (χ1) is 11.8. The zero-order valence-corrected chi connectivity index (χ0v) is 15.4. The van der Waals surface area contributed by atoms with Gasteiger partial charge in [-0.05, 0) is 58.7 Å². The summed E-state index contributed by atoms with van der Waals surface area (Å²) in [5.74, 6) is 1.61. The molecule has 0 saturated carbocycles. The Kier molecular flexibility index (Phi) is 4.61. The fraction of sp³-hybridized carbons (Fsp3) is 0.421. The molecule has 0 aliphatic carbocycles. The molecule has 3 aromatic heterocycles. The molecule has 1 amide bonds. The first-order valence-corrected chi connectivity index (χ1v) is 8.53. The highest BCUT2D eigenvalue weighted by atomic mass is 16.3. The van der Waals surface area contributed by atoms with Gasteiger partial charge >= 0.3 is 0 Å². The van der Waals surface area contributed by atoms with Gasteiger partial charge in [-0.3, -0.25) is 4.79 Å². The number of aryl methyl sites for hydroxylation is 4. The second-order valence-corrected chi connectivity index (χ2v) is 6.55. The first-order valence-electron chi connectivity index (χ1n) is 8.53. The molecule has 6 heteroatoms. The molecule has 3 rings (SSSR count). The van der Waals surface area contributed by atoms with Crippen molar-refractivity contribution in [3.8, 4) is 0 Å². The second-order valence-electron chi connectivity index (χ2n) is 6.55. The molecule has 25 heavy (non-hydrogen) atoms. The van der Waals surface area contributed by atoms with Crippen LogP contribution < -0.4 is 5.32 Å². The number of furan rings is 1. The molecule has 1 unspecified atom stereocenters. The standard InChI is InChI=1S/C19H24N4O2/c1-11-10-18-20-13(3)16(15(5)23(18)22-11)7-9-19(24)21-14(4)17-8-6-12(2)25-17/h6,8,10,14H,7,9H2,1-5H3,(H,21,24). The van der Waals surface area contributed by atoms with E-state index in [1.165, 1.54) is 0 Å². The minimum absolute atomic E-state index is 0.00269. The van der Waals surface area contributed by atoms with E-state index in [1.807, 2.05) is 57.3 Å². The fourth-order valence-electron chi connectivity index (χ4n) is 3.11. The summed E-state index contributed by atoms with van der Waals surface area (Å²) in [4.78, 5) is 16.9. The predicted octanol–water partition coefficient (Wildman–Crippen LogP) is 3.37. The number of hydrogen-bond donors (Lipinski definition) is 1. The minimum atomic E-state index is -0.141. The molecular weight excluding hydrogens is 316 g/mol. The zero-order chi connectivity index (χ0) is 18.1. The maximum atomic E-state index is 12.3.